The molecule has 0 radical (unpaired) electrons. The minimum Gasteiger partial charge on any atom is -0.466 e. The van der Waals surface area contributed by atoms with Gasteiger partial charge in [-0.15, -0.1) is 24.0 Å². The molecule has 1 aliphatic rings. The zero-order valence-electron chi connectivity index (χ0n) is 15.1. The number of carbonyl (C=O) groups is 1. The van der Waals surface area contributed by atoms with E-state index >= 15 is 0 Å². The summed E-state index contributed by atoms with van der Waals surface area (Å²) in [5.41, 5.74) is 1.04. The second kappa shape index (κ2) is 12.1. The lowest BCUT2D eigenvalue weighted by molar-refractivity contribution is -0.149. The van der Waals surface area contributed by atoms with Crippen LogP contribution >= 0.6 is 24.0 Å². The van der Waals surface area contributed by atoms with Gasteiger partial charge in [0.05, 0.1) is 12.5 Å². The summed E-state index contributed by atoms with van der Waals surface area (Å²) in [5, 5.41) is 3.33. The van der Waals surface area contributed by atoms with Gasteiger partial charge >= 0.3 is 5.97 Å². The van der Waals surface area contributed by atoms with Gasteiger partial charge in [0.1, 0.15) is 0 Å². The molecule has 1 atom stereocenters. The number of guanidine groups is 1. The maximum atomic E-state index is 12.0. The third-order valence-electron chi connectivity index (χ3n) is 4.03. The van der Waals surface area contributed by atoms with Crippen LogP contribution in [0.4, 0.5) is 0 Å². The summed E-state index contributed by atoms with van der Waals surface area (Å²) < 4.78 is 5.17. The highest BCUT2D eigenvalue weighted by Gasteiger charge is 2.28. The van der Waals surface area contributed by atoms with Crippen molar-refractivity contribution < 1.29 is 9.53 Å². The molecule has 2 heterocycles. The molecule has 1 saturated heterocycles. The molecule has 25 heavy (non-hydrogen) atoms. The SMILES string of the molecule is CCNC(=NCCc1ccccn1)N1CCCC(C(=O)OCC)C1.I. The monoisotopic (exact) mass is 460 g/mol. The minimum absolute atomic E-state index is 0. The predicted octanol–water partition coefficient (Wildman–Crippen LogP) is 2.48. The molecule has 140 valence electrons. The van der Waals surface area contributed by atoms with E-state index in [4.69, 9.17) is 9.73 Å². The fraction of sp³-hybridized carbons (Fsp3) is 0.611. The summed E-state index contributed by atoms with van der Waals surface area (Å²) >= 11 is 0. The Morgan fingerprint density at radius 3 is 2.96 bits per heavy atom. The van der Waals surface area contributed by atoms with Crippen molar-refractivity contribution in [2.75, 3.05) is 32.8 Å². The number of likely N-dealkylation sites (tertiary alicyclic amines) is 1. The van der Waals surface area contributed by atoms with Gasteiger partial charge in [-0.25, -0.2) is 0 Å². The van der Waals surface area contributed by atoms with E-state index in [1.54, 1.807) is 6.20 Å². The summed E-state index contributed by atoms with van der Waals surface area (Å²) in [6.45, 7) is 7.43. The van der Waals surface area contributed by atoms with Crippen molar-refractivity contribution in [2.45, 2.75) is 33.1 Å². The van der Waals surface area contributed by atoms with Gasteiger partial charge in [0.15, 0.2) is 5.96 Å². The number of carbonyl (C=O) groups excluding carboxylic acids is 1. The van der Waals surface area contributed by atoms with E-state index < -0.39 is 0 Å². The van der Waals surface area contributed by atoms with Crippen LogP contribution in [0.15, 0.2) is 29.4 Å². The quantitative estimate of drug-likeness (QED) is 0.306. The van der Waals surface area contributed by atoms with Gasteiger partial charge in [-0.2, -0.15) is 0 Å². The van der Waals surface area contributed by atoms with Gasteiger partial charge in [-0.3, -0.25) is 14.8 Å². The average Bonchev–Trinajstić information content (AvgIpc) is 2.62. The van der Waals surface area contributed by atoms with E-state index in [0.717, 1.165) is 44.0 Å². The topological polar surface area (TPSA) is 66.8 Å². The number of nitrogens with one attached hydrogen (secondary N) is 1. The number of esters is 1. The summed E-state index contributed by atoms with van der Waals surface area (Å²) in [5.74, 6) is 0.729. The van der Waals surface area contributed by atoms with Gasteiger partial charge in [-0.1, -0.05) is 6.07 Å². The zero-order chi connectivity index (χ0) is 17.2. The summed E-state index contributed by atoms with van der Waals surface area (Å²) in [4.78, 5) is 23.2. The molecule has 1 unspecified atom stereocenters. The van der Waals surface area contributed by atoms with E-state index in [0.29, 0.717) is 19.7 Å². The molecular formula is C18H29IN4O2. The van der Waals surface area contributed by atoms with Crippen LogP contribution in [0.3, 0.4) is 0 Å². The lowest BCUT2D eigenvalue weighted by atomic mass is 9.98. The van der Waals surface area contributed by atoms with Crippen molar-refractivity contribution in [1.82, 2.24) is 15.2 Å². The Morgan fingerprint density at radius 1 is 1.44 bits per heavy atom. The normalized spacial score (nSPS) is 17.6. The first kappa shape index (κ1) is 21.7. The molecule has 0 aliphatic carbocycles. The number of ether oxygens (including phenoxy) is 1. The second-order valence-corrected chi connectivity index (χ2v) is 5.84. The lowest BCUT2D eigenvalue weighted by Gasteiger charge is -2.34. The average molecular weight is 460 g/mol. The van der Waals surface area contributed by atoms with Crippen LogP contribution in [0.1, 0.15) is 32.4 Å². The highest BCUT2D eigenvalue weighted by Crippen LogP contribution is 2.18. The molecule has 0 spiro atoms. The molecule has 1 N–H and O–H groups in total. The van der Waals surface area contributed by atoms with Gasteiger partial charge in [0, 0.05) is 44.5 Å². The first-order chi connectivity index (χ1) is 11.7. The number of hydrogen-bond donors (Lipinski definition) is 1. The molecule has 6 nitrogen and oxygen atoms in total. The van der Waals surface area contributed by atoms with Gasteiger partial charge in [-0.05, 0) is 38.8 Å². The van der Waals surface area contributed by atoms with Crippen LogP contribution in [-0.4, -0.2) is 54.6 Å². The number of piperidine rings is 1. The number of rotatable bonds is 6. The van der Waals surface area contributed by atoms with E-state index in [1.807, 2.05) is 25.1 Å². The Hall–Kier alpha value is -1.38. The number of pyridine rings is 1. The molecule has 7 heteroatoms. The van der Waals surface area contributed by atoms with Crippen LogP contribution in [-0.2, 0) is 16.0 Å². The Kier molecular flexibility index (Phi) is 10.4. The second-order valence-electron chi connectivity index (χ2n) is 5.84. The Labute approximate surface area is 167 Å². The standard InChI is InChI=1S/C18H28N4O2.HI/c1-3-19-18(21-12-10-16-9-5-6-11-20-16)22-13-7-8-15(14-22)17(23)24-4-2;/h5-6,9,11,15H,3-4,7-8,10,12-14H2,1-2H3,(H,19,21);1H. The maximum Gasteiger partial charge on any atom is 0.310 e. The third-order valence-corrected chi connectivity index (χ3v) is 4.03. The Morgan fingerprint density at radius 2 is 2.28 bits per heavy atom. The highest BCUT2D eigenvalue weighted by molar-refractivity contribution is 14.0. The molecule has 1 aromatic heterocycles. The molecule has 1 aromatic rings. The molecule has 1 fully saturated rings. The van der Waals surface area contributed by atoms with Crippen molar-refractivity contribution in [1.29, 1.82) is 0 Å². The minimum atomic E-state index is -0.0912. The zero-order valence-corrected chi connectivity index (χ0v) is 17.4. The van der Waals surface area contributed by atoms with E-state index in [-0.39, 0.29) is 35.9 Å². The number of aliphatic imine (C=N–C) groups is 1. The van der Waals surface area contributed by atoms with Crippen molar-refractivity contribution in [2.24, 2.45) is 10.9 Å². The molecule has 0 amide bonds. The van der Waals surface area contributed by atoms with Crippen LogP contribution in [0.5, 0.6) is 0 Å². The number of nitrogens with zero attached hydrogens (tertiary/aromatic N) is 3. The fourth-order valence-corrected chi connectivity index (χ4v) is 2.87. The first-order valence-corrected chi connectivity index (χ1v) is 8.84. The predicted molar refractivity (Wildman–Crippen MR) is 110 cm³/mol. The van der Waals surface area contributed by atoms with Crippen LogP contribution in [0, 0.1) is 5.92 Å². The van der Waals surface area contributed by atoms with Crippen LogP contribution < -0.4 is 5.32 Å². The Bertz CT molecular complexity index is 539. The Balaban J connectivity index is 0.00000312. The third kappa shape index (κ3) is 7.17. The van der Waals surface area contributed by atoms with Crippen molar-refractivity contribution >= 4 is 35.9 Å². The molecule has 1 aliphatic heterocycles. The van der Waals surface area contributed by atoms with E-state index in [1.165, 1.54) is 0 Å². The summed E-state index contributed by atoms with van der Waals surface area (Å²) in [6.07, 6.45) is 4.49. The fourth-order valence-electron chi connectivity index (χ4n) is 2.87. The maximum absolute atomic E-state index is 12.0. The highest BCUT2D eigenvalue weighted by atomic mass is 127. The first-order valence-electron chi connectivity index (χ1n) is 8.84. The number of aromatic nitrogens is 1. The van der Waals surface area contributed by atoms with Gasteiger partial charge in [0.25, 0.3) is 0 Å². The number of hydrogen-bond acceptors (Lipinski definition) is 4. The van der Waals surface area contributed by atoms with Crippen molar-refractivity contribution in [3.8, 4) is 0 Å². The summed E-state index contributed by atoms with van der Waals surface area (Å²) in [6, 6.07) is 5.92. The molecule has 2 rings (SSSR count). The van der Waals surface area contributed by atoms with Crippen LogP contribution in [0.2, 0.25) is 0 Å². The van der Waals surface area contributed by atoms with E-state index in [2.05, 4.69) is 22.1 Å². The largest absolute Gasteiger partial charge is 0.466 e. The van der Waals surface area contributed by atoms with Gasteiger partial charge < -0.3 is 15.0 Å². The molecule has 0 aromatic carbocycles. The number of halogens is 1. The molecular weight excluding hydrogens is 431 g/mol. The smallest absolute Gasteiger partial charge is 0.310 e. The van der Waals surface area contributed by atoms with Crippen molar-refractivity contribution in [3.05, 3.63) is 30.1 Å². The van der Waals surface area contributed by atoms with Gasteiger partial charge in [0.2, 0.25) is 0 Å². The lowest BCUT2D eigenvalue weighted by Crippen LogP contribution is -2.48. The molecule has 0 bridgehead atoms. The molecule has 0 saturated carbocycles. The van der Waals surface area contributed by atoms with Crippen molar-refractivity contribution in [3.63, 3.8) is 0 Å². The van der Waals surface area contributed by atoms with E-state index in [9.17, 15) is 4.79 Å². The van der Waals surface area contributed by atoms with Crippen LogP contribution in [0.25, 0.3) is 0 Å². The summed E-state index contributed by atoms with van der Waals surface area (Å²) in [7, 11) is 0.